The zero-order valence-corrected chi connectivity index (χ0v) is 14.0. The summed E-state index contributed by atoms with van der Waals surface area (Å²) in [6.45, 7) is 6.52. The van der Waals surface area contributed by atoms with Crippen LogP contribution >= 0.6 is 0 Å². The number of urea groups is 1. The maximum absolute atomic E-state index is 12.6. The second-order valence-electron chi connectivity index (χ2n) is 5.36. The van der Waals surface area contributed by atoms with Crippen molar-refractivity contribution in [1.82, 2.24) is 9.88 Å². The van der Waals surface area contributed by atoms with E-state index in [4.69, 9.17) is 4.74 Å². The number of carbonyl (C=O) groups excluding carboxylic acids is 1. The Labute approximate surface area is 137 Å². The number of rotatable bonds is 5. The lowest BCUT2D eigenvalue weighted by Gasteiger charge is -2.28. The number of carbonyl (C=O) groups is 1. The quantitative estimate of drug-likeness (QED) is 0.907. The van der Waals surface area contributed by atoms with E-state index in [0.717, 1.165) is 22.6 Å². The molecule has 0 saturated carbocycles. The summed E-state index contributed by atoms with van der Waals surface area (Å²) < 4.78 is 5.24. The molecule has 2 amide bonds. The molecular formula is C18H23N3O2. The van der Waals surface area contributed by atoms with E-state index >= 15 is 0 Å². The fraction of sp³-hybridized carbons (Fsp3) is 0.333. The van der Waals surface area contributed by atoms with Gasteiger partial charge in [0.05, 0.1) is 13.2 Å². The highest BCUT2D eigenvalue weighted by atomic mass is 16.5. The van der Waals surface area contributed by atoms with Gasteiger partial charge >= 0.3 is 6.03 Å². The summed E-state index contributed by atoms with van der Waals surface area (Å²) in [6.07, 6.45) is 3.52. The van der Waals surface area contributed by atoms with Crippen molar-refractivity contribution in [2.75, 3.05) is 19.0 Å². The summed E-state index contributed by atoms with van der Waals surface area (Å²) in [4.78, 5) is 18.5. The van der Waals surface area contributed by atoms with Gasteiger partial charge in [-0.3, -0.25) is 4.98 Å². The third kappa shape index (κ3) is 4.00. The highest BCUT2D eigenvalue weighted by Gasteiger charge is 2.20. The number of aromatic nitrogens is 1. The zero-order chi connectivity index (χ0) is 16.8. The first-order valence-electron chi connectivity index (χ1n) is 7.69. The minimum absolute atomic E-state index is 0.0481. The Bertz CT molecular complexity index is 659. The van der Waals surface area contributed by atoms with Crippen molar-refractivity contribution in [3.8, 4) is 5.75 Å². The molecule has 1 N–H and O–H groups in total. The number of anilines is 1. The van der Waals surface area contributed by atoms with Gasteiger partial charge in [-0.15, -0.1) is 0 Å². The second kappa shape index (κ2) is 7.63. The molecule has 0 radical (unpaired) electrons. The van der Waals surface area contributed by atoms with Gasteiger partial charge in [0.1, 0.15) is 5.75 Å². The van der Waals surface area contributed by atoms with E-state index in [1.54, 1.807) is 24.4 Å². The predicted molar refractivity (Wildman–Crippen MR) is 91.8 cm³/mol. The smallest absolute Gasteiger partial charge is 0.322 e. The summed E-state index contributed by atoms with van der Waals surface area (Å²) >= 11 is 0. The average Bonchev–Trinajstić information content (AvgIpc) is 2.56. The third-order valence-corrected chi connectivity index (χ3v) is 3.88. The van der Waals surface area contributed by atoms with Crippen molar-refractivity contribution in [1.29, 1.82) is 0 Å². The molecule has 0 spiro atoms. The van der Waals surface area contributed by atoms with Crippen LogP contribution in [0.4, 0.5) is 10.5 Å². The first-order valence-corrected chi connectivity index (χ1v) is 7.69. The van der Waals surface area contributed by atoms with Crippen LogP contribution in [0.2, 0.25) is 0 Å². The average molecular weight is 313 g/mol. The van der Waals surface area contributed by atoms with Gasteiger partial charge in [0.15, 0.2) is 0 Å². The van der Waals surface area contributed by atoms with Crippen LogP contribution in [0.3, 0.4) is 0 Å². The molecule has 1 aromatic carbocycles. The molecule has 5 nitrogen and oxygen atoms in total. The third-order valence-electron chi connectivity index (χ3n) is 3.88. The molecule has 0 saturated heterocycles. The van der Waals surface area contributed by atoms with Crippen LogP contribution in [0.1, 0.15) is 31.0 Å². The van der Waals surface area contributed by atoms with Gasteiger partial charge in [-0.25, -0.2) is 4.79 Å². The standard InChI is InChI=1S/C18H23N3O2/c1-5-21(14(3)15-7-6-10-19-12-15)18(22)20-16-8-9-17(23-4)13(2)11-16/h6-12,14H,5H2,1-4H3,(H,20,22)/t14-/m1/s1. The minimum atomic E-state index is -0.131. The van der Waals surface area contributed by atoms with Crippen LogP contribution in [0.15, 0.2) is 42.7 Å². The van der Waals surface area contributed by atoms with E-state index in [2.05, 4.69) is 10.3 Å². The molecular weight excluding hydrogens is 290 g/mol. The molecule has 1 aromatic heterocycles. The van der Waals surface area contributed by atoms with Crippen LogP contribution in [0.25, 0.3) is 0 Å². The molecule has 5 heteroatoms. The van der Waals surface area contributed by atoms with E-state index in [1.165, 1.54) is 0 Å². The summed E-state index contributed by atoms with van der Waals surface area (Å²) in [5.74, 6) is 0.805. The molecule has 1 atom stereocenters. The van der Waals surface area contributed by atoms with Crippen LogP contribution in [-0.2, 0) is 0 Å². The van der Waals surface area contributed by atoms with Crippen molar-refractivity contribution in [2.24, 2.45) is 0 Å². The summed E-state index contributed by atoms with van der Waals surface area (Å²) in [6, 6.07) is 9.27. The van der Waals surface area contributed by atoms with Crippen LogP contribution < -0.4 is 10.1 Å². The van der Waals surface area contributed by atoms with E-state index in [-0.39, 0.29) is 12.1 Å². The Morgan fingerprint density at radius 3 is 2.74 bits per heavy atom. The number of pyridine rings is 1. The Kier molecular flexibility index (Phi) is 5.57. The lowest BCUT2D eigenvalue weighted by molar-refractivity contribution is 0.197. The monoisotopic (exact) mass is 313 g/mol. The van der Waals surface area contributed by atoms with Gasteiger partial charge in [-0.05, 0) is 56.2 Å². The molecule has 1 heterocycles. The van der Waals surface area contributed by atoms with Crippen molar-refractivity contribution >= 4 is 11.7 Å². The highest BCUT2D eigenvalue weighted by molar-refractivity contribution is 5.89. The zero-order valence-electron chi connectivity index (χ0n) is 14.0. The fourth-order valence-corrected chi connectivity index (χ4v) is 2.55. The number of hydrogen-bond donors (Lipinski definition) is 1. The number of hydrogen-bond acceptors (Lipinski definition) is 3. The van der Waals surface area contributed by atoms with Gasteiger partial charge in [-0.2, -0.15) is 0 Å². The van der Waals surface area contributed by atoms with Crippen molar-refractivity contribution < 1.29 is 9.53 Å². The first kappa shape index (κ1) is 16.8. The number of benzene rings is 1. The summed E-state index contributed by atoms with van der Waals surface area (Å²) in [5.41, 5.74) is 2.74. The minimum Gasteiger partial charge on any atom is -0.496 e. The first-order chi connectivity index (χ1) is 11.1. The molecule has 0 fully saturated rings. The fourth-order valence-electron chi connectivity index (χ4n) is 2.55. The number of aryl methyl sites for hydroxylation is 1. The van der Waals surface area contributed by atoms with E-state index < -0.39 is 0 Å². The van der Waals surface area contributed by atoms with E-state index in [9.17, 15) is 4.79 Å². The Morgan fingerprint density at radius 1 is 1.39 bits per heavy atom. The molecule has 2 aromatic rings. The second-order valence-corrected chi connectivity index (χ2v) is 5.36. The predicted octanol–water partition coefficient (Wildman–Crippen LogP) is 4.01. The van der Waals surface area contributed by atoms with Crippen LogP contribution in [0.5, 0.6) is 5.75 Å². The molecule has 0 aliphatic rings. The largest absolute Gasteiger partial charge is 0.496 e. The maximum Gasteiger partial charge on any atom is 0.322 e. The van der Waals surface area contributed by atoms with Crippen LogP contribution in [-0.4, -0.2) is 29.6 Å². The number of nitrogens with zero attached hydrogens (tertiary/aromatic N) is 2. The van der Waals surface area contributed by atoms with E-state index in [1.807, 2.05) is 51.1 Å². The van der Waals surface area contributed by atoms with Crippen molar-refractivity contribution in [3.05, 3.63) is 53.9 Å². The van der Waals surface area contributed by atoms with Crippen LogP contribution in [0, 0.1) is 6.92 Å². The Morgan fingerprint density at radius 2 is 2.17 bits per heavy atom. The number of methoxy groups -OCH3 is 1. The Balaban J connectivity index is 2.12. The van der Waals surface area contributed by atoms with Gasteiger partial charge in [0.2, 0.25) is 0 Å². The number of ether oxygens (including phenoxy) is 1. The van der Waals surface area contributed by atoms with Crippen molar-refractivity contribution in [2.45, 2.75) is 26.8 Å². The lowest BCUT2D eigenvalue weighted by atomic mass is 10.1. The van der Waals surface area contributed by atoms with Gasteiger partial charge in [0.25, 0.3) is 0 Å². The Hall–Kier alpha value is -2.56. The number of nitrogens with one attached hydrogen (secondary N) is 1. The van der Waals surface area contributed by atoms with Gasteiger partial charge in [-0.1, -0.05) is 6.07 Å². The molecule has 0 bridgehead atoms. The molecule has 0 aliphatic carbocycles. The summed E-state index contributed by atoms with van der Waals surface area (Å²) in [5, 5.41) is 2.95. The van der Waals surface area contributed by atoms with Crippen molar-refractivity contribution in [3.63, 3.8) is 0 Å². The molecule has 2 rings (SSSR count). The highest BCUT2D eigenvalue weighted by Crippen LogP contribution is 2.23. The number of amides is 2. The molecule has 0 aliphatic heterocycles. The molecule has 0 unspecified atom stereocenters. The molecule has 122 valence electrons. The lowest BCUT2D eigenvalue weighted by Crippen LogP contribution is -2.36. The summed E-state index contributed by atoms with van der Waals surface area (Å²) in [7, 11) is 1.63. The van der Waals surface area contributed by atoms with Gasteiger partial charge < -0.3 is 15.0 Å². The van der Waals surface area contributed by atoms with E-state index in [0.29, 0.717) is 6.54 Å². The SMILES string of the molecule is CCN(C(=O)Nc1ccc(OC)c(C)c1)[C@H](C)c1cccnc1. The topological polar surface area (TPSA) is 54.5 Å². The maximum atomic E-state index is 12.6. The normalized spacial score (nSPS) is 11.7. The molecule has 23 heavy (non-hydrogen) atoms. The van der Waals surface area contributed by atoms with Gasteiger partial charge in [0, 0.05) is 24.6 Å².